The molecule has 10 nitrogen and oxygen atoms in total. The first-order chi connectivity index (χ1) is 20.4. The van der Waals surface area contributed by atoms with E-state index in [9.17, 15) is 29.4 Å². The summed E-state index contributed by atoms with van der Waals surface area (Å²) in [4.78, 5) is 59.0. The average Bonchev–Trinajstić information content (AvgIpc) is 3.59. The van der Waals surface area contributed by atoms with Crippen molar-refractivity contribution in [2.24, 2.45) is 16.8 Å². The van der Waals surface area contributed by atoms with E-state index >= 15 is 0 Å². The van der Waals surface area contributed by atoms with Crippen LogP contribution in [-0.4, -0.2) is 55.7 Å². The molecule has 2 aliphatic rings. The second-order valence-corrected chi connectivity index (χ2v) is 11.7. The fraction of sp³-hybridized carbons (Fsp3) is 0.485. The Labute approximate surface area is 251 Å². The highest BCUT2D eigenvalue weighted by molar-refractivity contribution is 6.30. The summed E-state index contributed by atoms with van der Waals surface area (Å²) in [6.45, 7) is 11.7. The molecule has 2 amide bonds. The first kappa shape index (κ1) is 31.7. The van der Waals surface area contributed by atoms with E-state index in [1.807, 2.05) is 46.8 Å². The number of carbonyl (C=O) groups is 4. The van der Waals surface area contributed by atoms with E-state index in [1.54, 1.807) is 0 Å². The standard InChI is InChI=1S/C33H42N4O6/c1-7-20-19(6)32(42)37-27(20)14-25-18(5)23(10-12-31(40)41)29(35-25)15-28-22(9-11-30(38)39)17(4)24(34-28)13-26-16(3)21(8-2)33(43)36-26/h13,15,19-20,27,34-35H,7-12,14H2,1-6H3,(H,37,42)(H,38,39)(H,40,41)/b24-13+,28-15-/t19-,20-,27-/m1/s1. The molecule has 0 aromatic carbocycles. The minimum atomic E-state index is -0.910. The molecule has 4 heterocycles. The van der Waals surface area contributed by atoms with Crippen molar-refractivity contribution in [1.29, 1.82) is 0 Å². The van der Waals surface area contributed by atoms with Crippen LogP contribution in [0.4, 0.5) is 0 Å². The fourth-order valence-electron chi connectivity index (χ4n) is 6.54. The van der Waals surface area contributed by atoms with E-state index in [4.69, 9.17) is 0 Å². The monoisotopic (exact) mass is 590 g/mol. The van der Waals surface area contributed by atoms with Crippen LogP contribution >= 0.6 is 0 Å². The number of carboxylic acid groups (broad SMARTS) is 2. The predicted molar refractivity (Wildman–Crippen MR) is 164 cm³/mol. The Balaban J connectivity index is 1.84. The lowest BCUT2D eigenvalue weighted by atomic mass is 9.87. The van der Waals surface area contributed by atoms with E-state index in [2.05, 4.69) is 27.2 Å². The highest BCUT2D eigenvalue weighted by Gasteiger charge is 2.38. The van der Waals surface area contributed by atoms with Gasteiger partial charge in [0.25, 0.3) is 5.91 Å². The quantitative estimate of drug-likeness (QED) is 0.255. The molecule has 0 spiro atoms. The van der Waals surface area contributed by atoms with Gasteiger partial charge in [0.05, 0.1) is 5.71 Å². The molecule has 5 N–H and O–H groups in total. The third-order valence-corrected chi connectivity index (χ3v) is 9.18. The van der Waals surface area contributed by atoms with Gasteiger partial charge in [-0.25, -0.2) is 4.99 Å². The molecular formula is C33H42N4O6. The highest BCUT2D eigenvalue weighted by atomic mass is 16.4. The van der Waals surface area contributed by atoms with Gasteiger partial charge in [-0.2, -0.15) is 0 Å². The molecule has 1 fully saturated rings. The Morgan fingerprint density at radius 3 is 2.14 bits per heavy atom. The summed E-state index contributed by atoms with van der Waals surface area (Å²) in [5.41, 5.74) is 7.33. The number of aromatic amines is 2. The number of rotatable bonds is 12. The van der Waals surface area contributed by atoms with E-state index in [0.29, 0.717) is 42.3 Å². The molecule has 10 heteroatoms. The van der Waals surface area contributed by atoms with Crippen LogP contribution in [0.5, 0.6) is 0 Å². The van der Waals surface area contributed by atoms with Crippen LogP contribution in [0.3, 0.4) is 0 Å². The lowest BCUT2D eigenvalue weighted by Crippen LogP contribution is -2.31. The number of aliphatic carboxylic acids is 2. The van der Waals surface area contributed by atoms with Gasteiger partial charge in [-0.05, 0) is 85.9 Å². The average molecular weight is 591 g/mol. The number of aliphatic imine (C=N–C) groups is 1. The zero-order valence-electron chi connectivity index (χ0n) is 25.8. The maximum Gasteiger partial charge on any atom is 0.303 e. The normalized spacial score (nSPS) is 21.3. The van der Waals surface area contributed by atoms with Gasteiger partial charge < -0.3 is 25.5 Å². The van der Waals surface area contributed by atoms with Crippen molar-refractivity contribution in [2.45, 2.75) is 92.5 Å². The van der Waals surface area contributed by atoms with Crippen molar-refractivity contribution < 1.29 is 29.4 Å². The molecule has 2 aliphatic heterocycles. The lowest BCUT2D eigenvalue weighted by Gasteiger charge is -2.19. The molecule has 2 aromatic heterocycles. The molecule has 0 radical (unpaired) electrons. The van der Waals surface area contributed by atoms with E-state index in [0.717, 1.165) is 51.0 Å². The largest absolute Gasteiger partial charge is 0.481 e. The number of carbonyl (C=O) groups excluding carboxylic acids is 2. The zero-order chi connectivity index (χ0) is 31.6. The van der Waals surface area contributed by atoms with Gasteiger partial charge >= 0.3 is 11.9 Å². The second kappa shape index (κ2) is 13.0. The molecule has 3 atom stereocenters. The maximum absolute atomic E-state index is 12.4. The van der Waals surface area contributed by atoms with Gasteiger partial charge in [-0.1, -0.05) is 27.2 Å². The second-order valence-electron chi connectivity index (χ2n) is 11.7. The summed E-state index contributed by atoms with van der Waals surface area (Å²) < 4.78 is 0. The molecule has 1 saturated heterocycles. The first-order valence-corrected chi connectivity index (χ1v) is 15.0. The number of amides is 2. The van der Waals surface area contributed by atoms with Crippen LogP contribution in [0.15, 0.2) is 16.1 Å². The smallest absolute Gasteiger partial charge is 0.303 e. The maximum atomic E-state index is 12.4. The SMILES string of the molecule is CCC1=C(C)C(/C=c2/[nH]/c(=C\c3[nH]c(C[C@H]4NC(=O)[C@H](C)[C@H]4CC)c(C)c3CCC(=O)O)c(CCC(=O)O)c2C)=NC1=O. The topological polar surface area (TPSA) is 165 Å². The Hall–Kier alpha value is -4.21. The molecule has 4 rings (SSSR count). The summed E-state index contributed by atoms with van der Waals surface area (Å²) in [6, 6.07) is -0.0238. The van der Waals surface area contributed by atoms with Gasteiger partial charge in [-0.15, -0.1) is 0 Å². The van der Waals surface area contributed by atoms with Crippen LogP contribution in [0.2, 0.25) is 0 Å². The third kappa shape index (κ3) is 6.58. The van der Waals surface area contributed by atoms with Crippen molar-refractivity contribution in [3.63, 3.8) is 0 Å². The Bertz CT molecular complexity index is 1650. The molecule has 0 bridgehead atoms. The summed E-state index contributed by atoms with van der Waals surface area (Å²) in [6.07, 6.45) is 6.32. The Morgan fingerprint density at radius 1 is 0.907 bits per heavy atom. The minimum Gasteiger partial charge on any atom is -0.481 e. The number of hydrogen-bond donors (Lipinski definition) is 5. The van der Waals surface area contributed by atoms with Crippen LogP contribution in [-0.2, 0) is 38.4 Å². The van der Waals surface area contributed by atoms with E-state index in [-0.39, 0.29) is 42.5 Å². The number of carboxylic acids is 2. The number of hydrogen-bond acceptors (Lipinski definition) is 4. The van der Waals surface area contributed by atoms with Gasteiger partial charge in [0.1, 0.15) is 0 Å². The number of allylic oxidation sites excluding steroid dienone is 1. The number of aromatic nitrogens is 2. The first-order valence-electron chi connectivity index (χ1n) is 15.0. The van der Waals surface area contributed by atoms with Crippen molar-refractivity contribution in [2.75, 3.05) is 0 Å². The fourth-order valence-corrected chi connectivity index (χ4v) is 6.54. The molecule has 43 heavy (non-hydrogen) atoms. The summed E-state index contributed by atoms with van der Waals surface area (Å²) >= 11 is 0. The Morgan fingerprint density at radius 2 is 1.56 bits per heavy atom. The van der Waals surface area contributed by atoms with Gasteiger partial charge in [0.15, 0.2) is 0 Å². The van der Waals surface area contributed by atoms with E-state index < -0.39 is 11.9 Å². The molecular weight excluding hydrogens is 548 g/mol. The number of nitrogens with zero attached hydrogens (tertiary/aromatic N) is 1. The molecule has 2 aromatic rings. The molecule has 0 unspecified atom stereocenters. The zero-order valence-corrected chi connectivity index (χ0v) is 25.8. The lowest BCUT2D eigenvalue weighted by molar-refractivity contribution is -0.138. The third-order valence-electron chi connectivity index (χ3n) is 9.18. The van der Waals surface area contributed by atoms with Gasteiger partial charge in [0, 0.05) is 58.9 Å². The number of nitrogens with one attached hydrogen (secondary N) is 3. The molecule has 0 saturated carbocycles. The van der Waals surface area contributed by atoms with Crippen LogP contribution < -0.4 is 16.0 Å². The van der Waals surface area contributed by atoms with Crippen LogP contribution in [0, 0.1) is 25.7 Å². The Kier molecular flexibility index (Phi) is 9.57. The van der Waals surface area contributed by atoms with Crippen molar-refractivity contribution in [1.82, 2.24) is 15.3 Å². The van der Waals surface area contributed by atoms with Crippen molar-refractivity contribution in [3.05, 3.63) is 55.5 Å². The highest BCUT2D eigenvalue weighted by Crippen LogP contribution is 2.30. The summed E-state index contributed by atoms with van der Waals surface area (Å²) in [5, 5.41) is 23.5. The van der Waals surface area contributed by atoms with Crippen molar-refractivity contribution in [3.8, 4) is 0 Å². The number of H-pyrrole nitrogens is 2. The van der Waals surface area contributed by atoms with Crippen LogP contribution in [0.1, 0.15) is 87.0 Å². The predicted octanol–water partition coefficient (Wildman–Crippen LogP) is 3.01. The molecule has 230 valence electrons. The summed E-state index contributed by atoms with van der Waals surface area (Å²) in [5.74, 6) is -1.85. The van der Waals surface area contributed by atoms with E-state index in [1.165, 1.54) is 0 Å². The van der Waals surface area contributed by atoms with Gasteiger partial charge in [-0.3, -0.25) is 19.2 Å². The summed E-state index contributed by atoms with van der Waals surface area (Å²) in [7, 11) is 0. The van der Waals surface area contributed by atoms with Crippen LogP contribution in [0.25, 0.3) is 12.2 Å². The van der Waals surface area contributed by atoms with Crippen molar-refractivity contribution >= 4 is 41.6 Å². The van der Waals surface area contributed by atoms with Gasteiger partial charge in [0.2, 0.25) is 5.91 Å². The minimum absolute atomic E-state index is 0.0238. The molecule has 0 aliphatic carbocycles.